The van der Waals surface area contributed by atoms with E-state index in [0.29, 0.717) is 25.5 Å². The first-order valence-corrected chi connectivity index (χ1v) is 5.20. The van der Waals surface area contributed by atoms with Crippen LogP contribution in [0.5, 0.6) is 0 Å². The molecule has 1 aromatic heterocycles. The van der Waals surface area contributed by atoms with E-state index in [1.165, 1.54) is 0 Å². The molecular weight excluding hydrogens is 194 g/mol. The summed E-state index contributed by atoms with van der Waals surface area (Å²) in [5.41, 5.74) is 1.54. The number of carbonyl (C=O) groups is 1. The van der Waals surface area contributed by atoms with Crippen LogP contribution >= 0.6 is 0 Å². The normalized spacial score (nSPS) is 10.3. The molecule has 0 aliphatic heterocycles. The third-order valence-electron chi connectivity index (χ3n) is 2.01. The molecule has 1 heterocycles. The van der Waals surface area contributed by atoms with Crippen molar-refractivity contribution >= 4 is 5.97 Å². The zero-order valence-corrected chi connectivity index (χ0v) is 9.21. The summed E-state index contributed by atoms with van der Waals surface area (Å²) in [4.78, 5) is 14.4. The molecule has 0 amide bonds. The molecule has 0 bridgehead atoms. The van der Waals surface area contributed by atoms with E-state index >= 15 is 0 Å². The van der Waals surface area contributed by atoms with Crippen molar-refractivity contribution in [2.45, 2.75) is 20.3 Å². The van der Waals surface area contributed by atoms with Crippen LogP contribution in [0.1, 0.15) is 30.0 Å². The Morgan fingerprint density at radius 1 is 1.33 bits per heavy atom. The summed E-state index contributed by atoms with van der Waals surface area (Å²) in [6.07, 6.45) is 0.881. The molecular formula is C11H17NO3. The molecule has 0 aliphatic carbocycles. The van der Waals surface area contributed by atoms with E-state index in [2.05, 4.69) is 4.98 Å². The van der Waals surface area contributed by atoms with E-state index in [1.54, 1.807) is 6.07 Å². The van der Waals surface area contributed by atoms with Gasteiger partial charge < -0.3 is 14.5 Å². The van der Waals surface area contributed by atoms with Gasteiger partial charge in [0.2, 0.25) is 0 Å². The molecule has 15 heavy (non-hydrogen) atoms. The lowest BCUT2D eigenvalue weighted by Gasteiger charge is -2.03. The van der Waals surface area contributed by atoms with Crippen LogP contribution in [0.25, 0.3) is 0 Å². The number of aromatic amines is 1. The molecule has 0 unspecified atom stereocenters. The Morgan fingerprint density at radius 3 is 2.73 bits per heavy atom. The maximum Gasteiger partial charge on any atom is 0.354 e. The van der Waals surface area contributed by atoms with E-state index in [1.807, 2.05) is 19.9 Å². The molecule has 0 saturated heterocycles. The lowest BCUT2D eigenvalue weighted by Crippen LogP contribution is -2.11. The summed E-state index contributed by atoms with van der Waals surface area (Å²) >= 11 is 0. The molecule has 0 aliphatic rings. The van der Waals surface area contributed by atoms with Gasteiger partial charge in [0.25, 0.3) is 0 Å². The monoisotopic (exact) mass is 211 g/mol. The standard InChI is InChI=1S/C11H17NO3/c1-3-9-5-6-10(12-9)11(13)15-8-7-14-4-2/h5-6,12H,3-4,7-8H2,1-2H3. The highest BCUT2D eigenvalue weighted by Crippen LogP contribution is 2.04. The van der Waals surface area contributed by atoms with Crippen LogP contribution in [-0.4, -0.2) is 30.8 Å². The zero-order chi connectivity index (χ0) is 11.1. The average Bonchev–Trinajstić information content (AvgIpc) is 2.72. The molecule has 1 rings (SSSR count). The Hall–Kier alpha value is -1.29. The van der Waals surface area contributed by atoms with E-state index in [4.69, 9.17) is 9.47 Å². The number of H-pyrrole nitrogens is 1. The lowest BCUT2D eigenvalue weighted by atomic mass is 10.3. The molecule has 1 N–H and O–H groups in total. The molecule has 0 atom stereocenters. The number of aryl methyl sites for hydroxylation is 1. The Kier molecular flexibility index (Phi) is 4.90. The van der Waals surface area contributed by atoms with Crippen molar-refractivity contribution in [1.82, 2.24) is 4.98 Å². The predicted molar refractivity (Wildman–Crippen MR) is 56.9 cm³/mol. The van der Waals surface area contributed by atoms with Crippen LogP contribution in [0.4, 0.5) is 0 Å². The Balaban J connectivity index is 2.33. The lowest BCUT2D eigenvalue weighted by molar-refractivity contribution is 0.0330. The summed E-state index contributed by atoms with van der Waals surface area (Å²) in [6, 6.07) is 3.63. The van der Waals surface area contributed by atoms with Gasteiger partial charge in [-0.2, -0.15) is 0 Å². The van der Waals surface area contributed by atoms with Gasteiger partial charge in [0.15, 0.2) is 0 Å². The number of aromatic nitrogens is 1. The molecule has 4 nitrogen and oxygen atoms in total. The fraction of sp³-hybridized carbons (Fsp3) is 0.545. The van der Waals surface area contributed by atoms with Crippen molar-refractivity contribution < 1.29 is 14.3 Å². The first-order valence-electron chi connectivity index (χ1n) is 5.20. The highest BCUT2D eigenvalue weighted by atomic mass is 16.6. The minimum atomic E-state index is -0.325. The summed E-state index contributed by atoms with van der Waals surface area (Å²) in [5, 5.41) is 0. The van der Waals surface area contributed by atoms with Gasteiger partial charge in [-0.1, -0.05) is 6.92 Å². The zero-order valence-electron chi connectivity index (χ0n) is 9.21. The van der Waals surface area contributed by atoms with Crippen LogP contribution in [0, 0.1) is 0 Å². The van der Waals surface area contributed by atoms with Crippen molar-refractivity contribution in [3.8, 4) is 0 Å². The fourth-order valence-electron chi connectivity index (χ4n) is 1.18. The number of hydrogen-bond donors (Lipinski definition) is 1. The van der Waals surface area contributed by atoms with Crippen LogP contribution in [0.15, 0.2) is 12.1 Å². The number of hydrogen-bond acceptors (Lipinski definition) is 3. The third-order valence-corrected chi connectivity index (χ3v) is 2.01. The van der Waals surface area contributed by atoms with Gasteiger partial charge in [0, 0.05) is 12.3 Å². The first-order chi connectivity index (χ1) is 7.27. The minimum Gasteiger partial charge on any atom is -0.459 e. The first kappa shape index (κ1) is 11.8. The van der Waals surface area contributed by atoms with Gasteiger partial charge in [-0.3, -0.25) is 0 Å². The van der Waals surface area contributed by atoms with Crippen LogP contribution in [0.3, 0.4) is 0 Å². The van der Waals surface area contributed by atoms with Crippen LogP contribution < -0.4 is 0 Å². The van der Waals surface area contributed by atoms with Crippen LogP contribution in [-0.2, 0) is 15.9 Å². The van der Waals surface area contributed by atoms with Gasteiger partial charge in [0.05, 0.1) is 6.61 Å². The highest BCUT2D eigenvalue weighted by molar-refractivity contribution is 5.87. The maximum absolute atomic E-state index is 11.4. The van der Waals surface area contributed by atoms with E-state index in [9.17, 15) is 4.79 Å². The number of ether oxygens (including phenoxy) is 2. The Morgan fingerprint density at radius 2 is 2.13 bits per heavy atom. The van der Waals surface area contributed by atoms with Crippen LogP contribution in [0.2, 0.25) is 0 Å². The Bertz CT molecular complexity index is 307. The number of esters is 1. The molecule has 0 fully saturated rings. The second kappa shape index (κ2) is 6.24. The second-order valence-corrected chi connectivity index (χ2v) is 3.08. The largest absolute Gasteiger partial charge is 0.459 e. The minimum absolute atomic E-state index is 0.299. The fourth-order valence-corrected chi connectivity index (χ4v) is 1.18. The third kappa shape index (κ3) is 3.75. The van der Waals surface area contributed by atoms with Gasteiger partial charge in [-0.15, -0.1) is 0 Å². The number of carbonyl (C=O) groups excluding carboxylic acids is 1. The van der Waals surface area contributed by atoms with Crippen molar-refractivity contribution in [3.05, 3.63) is 23.5 Å². The van der Waals surface area contributed by atoms with Gasteiger partial charge in [0.1, 0.15) is 12.3 Å². The van der Waals surface area contributed by atoms with E-state index in [0.717, 1.165) is 12.1 Å². The summed E-state index contributed by atoms with van der Waals surface area (Å²) in [6.45, 7) is 5.31. The van der Waals surface area contributed by atoms with E-state index in [-0.39, 0.29) is 5.97 Å². The van der Waals surface area contributed by atoms with Gasteiger partial charge >= 0.3 is 5.97 Å². The van der Waals surface area contributed by atoms with Crippen molar-refractivity contribution in [2.75, 3.05) is 19.8 Å². The van der Waals surface area contributed by atoms with Gasteiger partial charge in [-0.25, -0.2) is 4.79 Å². The molecule has 0 spiro atoms. The van der Waals surface area contributed by atoms with Crippen molar-refractivity contribution in [3.63, 3.8) is 0 Å². The smallest absolute Gasteiger partial charge is 0.354 e. The average molecular weight is 211 g/mol. The summed E-state index contributed by atoms with van der Waals surface area (Å²) in [5.74, 6) is -0.325. The van der Waals surface area contributed by atoms with Crippen molar-refractivity contribution in [1.29, 1.82) is 0 Å². The summed E-state index contributed by atoms with van der Waals surface area (Å²) < 4.78 is 10.1. The quantitative estimate of drug-likeness (QED) is 0.576. The number of rotatable bonds is 6. The SMILES string of the molecule is CCOCCOC(=O)c1ccc(CC)[nH]1. The molecule has 84 valence electrons. The molecule has 4 heteroatoms. The van der Waals surface area contributed by atoms with E-state index < -0.39 is 0 Å². The molecule has 1 aromatic rings. The molecule has 0 saturated carbocycles. The Labute approximate surface area is 89.6 Å². The highest BCUT2D eigenvalue weighted by Gasteiger charge is 2.08. The van der Waals surface area contributed by atoms with Crippen molar-refractivity contribution in [2.24, 2.45) is 0 Å². The predicted octanol–water partition coefficient (Wildman–Crippen LogP) is 1.77. The maximum atomic E-state index is 11.4. The molecule has 0 aromatic carbocycles. The van der Waals surface area contributed by atoms with Gasteiger partial charge in [-0.05, 0) is 25.5 Å². The second-order valence-electron chi connectivity index (χ2n) is 3.08. The topological polar surface area (TPSA) is 51.3 Å². The number of nitrogens with one attached hydrogen (secondary N) is 1. The summed E-state index contributed by atoms with van der Waals surface area (Å²) in [7, 11) is 0. The molecule has 0 radical (unpaired) electrons.